The highest BCUT2D eigenvalue weighted by molar-refractivity contribution is 5.94. The molecular weight excluding hydrogens is 380 g/mol. The van der Waals surface area contributed by atoms with Gasteiger partial charge in [-0.1, -0.05) is 12.1 Å². The molecule has 1 aliphatic heterocycles. The van der Waals surface area contributed by atoms with E-state index in [0.29, 0.717) is 43.1 Å². The largest absolute Gasteiger partial charge is 0.493 e. The zero-order chi connectivity index (χ0) is 21.3. The third kappa shape index (κ3) is 5.99. The Kier molecular flexibility index (Phi) is 7.71. The summed E-state index contributed by atoms with van der Waals surface area (Å²) in [6, 6.07) is 13.5. The normalized spacial score (nSPS) is 13.2. The van der Waals surface area contributed by atoms with Gasteiger partial charge in [-0.3, -0.25) is 9.59 Å². The molecule has 1 heterocycles. The van der Waals surface area contributed by atoms with Crippen molar-refractivity contribution in [3.8, 4) is 11.5 Å². The minimum atomic E-state index is -0.0257. The summed E-state index contributed by atoms with van der Waals surface area (Å²) in [5.41, 5.74) is 2.93. The van der Waals surface area contributed by atoms with E-state index in [2.05, 4.69) is 34.5 Å². The van der Waals surface area contributed by atoms with Gasteiger partial charge in [-0.15, -0.1) is 0 Å². The lowest BCUT2D eigenvalue weighted by atomic mass is 10.1. The number of ether oxygens (including phenoxy) is 2. The average molecular weight is 411 g/mol. The summed E-state index contributed by atoms with van der Waals surface area (Å²) in [6.07, 6.45) is 3.51. The van der Waals surface area contributed by atoms with E-state index < -0.39 is 0 Å². The number of amides is 1. The molecule has 160 valence electrons. The maximum absolute atomic E-state index is 12.1. The molecule has 0 spiro atoms. The Hall–Kier alpha value is -3.02. The predicted octanol–water partition coefficient (Wildman–Crippen LogP) is 3.97. The van der Waals surface area contributed by atoms with Crippen LogP contribution in [0.2, 0.25) is 0 Å². The van der Waals surface area contributed by atoms with Gasteiger partial charge in [-0.25, -0.2) is 0 Å². The van der Waals surface area contributed by atoms with Crippen molar-refractivity contribution in [3.63, 3.8) is 0 Å². The van der Waals surface area contributed by atoms with E-state index in [4.69, 9.17) is 9.47 Å². The van der Waals surface area contributed by atoms with Gasteiger partial charge in [0.2, 0.25) is 5.91 Å². The van der Waals surface area contributed by atoms with Gasteiger partial charge < -0.3 is 19.7 Å². The molecule has 6 nitrogen and oxygen atoms in total. The summed E-state index contributed by atoms with van der Waals surface area (Å²) in [5, 5.41) is 2.96. The molecule has 1 amide bonds. The predicted molar refractivity (Wildman–Crippen MR) is 117 cm³/mol. The summed E-state index contributed by atoms with van der Waals surface area (Å²) < 4.78 is 11.0. The standard InChI is InChI=1S/C24H30N2O4/c1-18(27)20-9-12-22(23(16-20)29-2)30-15-5-6-24(28)25-17-19-7-10-21(11-8-19)26-13-3-4-14-26/h7-12,16H,3-6,13-15,17H2,1-2H3,(H,25,28). The quantitative estimate of drug-likeness (QED) is 0.474. The molecule has 0 unspecified atom stereocenters. The topological polar surface area (TPSA) is 67.9 Å². The van der Waals surface area contributed by atoms with Crippen LogP contribution in [-0.2, 0) is 11.3 Å². The van der Waals surface area contributed by atoms with Crippen molar-refractivity contribution in [1.82, 2.24) is 5.32 Å². The maximum Gasteiger partial charge on any atom is 0.220 e. The van der Waals surface area contributed by atoms with Crippen molar-refractivity contribution in [2.75, 3.05) is 31.7 Å². The molecular formula is C24H30N2O4. The van der Waals surface area contributed by atoms with Crippen LogP contribution >= 0.6 is 0 Å². The number of hydrogen-bond acceptors (Lipinski definition) is 5. The number of methoxy groups -OCH3 is 1. The molecule has 0 atom stereocenters. The lowest BCUT2D eigenvalue weighted by Gasteiger charge is -2.17. The fourth-order valence-corrected chi connectivity index (χ4v) is 3.51. The van der Waals surface area contributed by atoms with Crippen LogP contribution in [0.5, 0.6) is 11.5 Å². The van der Waals surface area contributed by atoms with Gasteiger partial charge in [0.25, 0.3) is 0 Å². The van der Waals surface area contributed by atoms with Crippen LogP contribution in [0.4, 0.5) is 5.69 Å². The first-order chi connectivity index (χ1) is 14.6. The van der Waals surface area contributed by atoms with Crippen LogP contribution in [0.15, 0.2) is 42.5 Å². The van der Waals surface area contributed by atoms with Crippen molar-refractivity contribution in [1.29, 1.82) is 0 Å². The van der Waals surface area contributed by atoms with E-state index in [9.17, 15) is 9.59 Å². The van der Waals surface area contributed by atoms with Crippen LogP contribution < -0.4 is 19.7 Å². The Labute approximate surface area is 178 Å². The van der Waals surface area contributed by atoms with Gasteiger partial charge in [0.15, 0.2) is 17.3 Å². The molecule has 2 aromatic rings. The number of anilines is 1. The van der Waals surface area contributed by atoms with E-state index in [-0.39, 0.29) is 11.7 Å². The summed E-state index contributed by atoms with van der Waals surface area (Å²) in [4.78, 5) is 26.0. The third-order valence-corrected chi connectivity index (χ3v) is 5.27. The lowest BCUT2D eigenvalue weighted by Crippen LogP contribution is -2.23. The Morgan fingerprint density at radius 3 is 2.43 bits per heavy atom. The second kappa shape index (κ2) is 10.7. The van der Waals surface area contributed by atoms with Crippen LogP contribution in [0.3, 0.4) is 0 Å². The maximum atomic E-state index is 12.1. The zero-order valence-electron chi connectivity index (χ0n) is 17.8. The smallest absolute Gasteiger partial charge is 0.220 e. The SMILES string of the molecule is COc1cc(C(C)=O)ccc1OCCCC(=O)NCc1ccc(N2CCCC2)cc1. The lowest BCUT2D eigenvalue weighted by molar-refractivity contribution is -0.121. The summed E-state index contributed by atoms with van der Waals surface area (Å²) >= 11 is 0. The number of carbonyl (C=O) groups excluding carboxylic acids is 2. The van der Waals surface area contributed by atoms with Crippen LogP contribution in [-0.4, -0.2) is 38.5 Å². The van der Waals surface area contributed by atoms with Crippen molar-refractivity contribution >= 4 is 17.4 Å². The number of benzene rings is 2. The fraction of sp³-hybridized carbons (Fsp3) is 0.417. The summed E-state index contributed by atoms with van der Waals surface area (Å²) in [5.74, 6) is 1.06. The molecule has 1 fully saturated rings. The van der Waals surface area contributed by atoms with Gasteiger partial charge in [-0.2, -0.15) is 0 Å². The molecule has 0 aromatic heterocycles. The minimum Gasteiger partial charge on any atom is -0.493 e. The van der Waals surface area contributed by atoms with Crippen molar-refractivity contribution in [3.05, 3.63) is 53.6 Å². The molecule has 1 N–H and O–H groups in total. The Morgan fingerprint density at radius 1 is 1.03 bits per heavy atom. The number of nitrogens with one attached hydrogen (secondary N) is 1. The van der Waals surface area contributed by atoms with Gasteiger partial charge >= 0.3 is 0 Å². The minimum absolute atomic E-state index is 0.00103. The van der Waals surface area contributed by atoms with Gasteiger partial charge in [0.1, 0.15) is 0 Å². The number of nitrogens with zero attached hydrogens (tertiary/aromatic N) is 1. The average Bonchev–Trinajstić information content (AvgIpc) is 3.30. The summed E-state index contributed by atoms with van der Waals surface area (Å²) in [6.45, 7) is 4.69. The van der Waals surface area contributed by atoms with E-state index in [0.717, 1.165) is 18.7 Å². The van der Waals surface area contributed by atoms with E-state index in [1.165, 1.54) is 32.6 Å². The highest BCUT2D eigenvalue weighted by Crippen LogP contribution is 2.28. The van der Waals surface area contributed by atoms with Gasteiger partial charge in [-0.05, 0) is 62.1 Å². The van der Waals surface area contributed by atoms with E-state index in [1.807, 2.05) is 0 Å². The van der Waals surface area contributed by atoms with Crippen LogP contribution in [0, 0.1) is 0 Å². The Morgan fingerprint density at radius 2 is 1.77 bits per heavy atom. The third-order valence-electron chi connectivity index (χ3n) is 5.27. The Balaban J connectivity index is 1.37. The van der Waals surface area contributed by atoms with Gasteiger partial charge in [0, 0.05) is 37.3 Å². The number of rotatable bonds is 10. The fourth-order valence-electron chi connectivity index (χ4n) is 3.51. The second-order valence-corrected chi connectivity index (χ2v) is 7.51. The first kappa shape index (κ1) is 21.7. The molecule has 0 radical (unpaired) electrons. The highest BCUT2D eigenvalue weighted by Gasteiger charge is 2.12. The van der Waals surface area contributed by atoms with Gasteiger partial charge in [0.05, 0.1) is 13.7 Å². The number of carbonyl (C=O) groups is 2. The first-order valence-electron chi connectivity index (χ1n) is 10.5. The first-order valence-corrected chi connectivity index (χ1v) is 10.5. The number of Topliss-reactive ketones (excluding diaryl/α,β-unsaturated/α-hetero) is 1. The molecule has 0 bridgehead atoms. The molecule has 1 aliphatic rings. The summed E-state index contributed by atoms with van der Waals surface area (Å²) in [7, 11) is 1.54. The highest BCUT2D eigenvalue weighted by atomic mass is 16.5. The number of hydrogen-bond donors (Lipinski definition) is 1. The number of ketones is 1. The molecule has 3 rings (SSSR count). The molecule has 2 aromatic carbocycles. The zero-order valence-corrected chi connectivity index (χ0v) is 17.8. The van der Waals surface area contributed by atoms with Crippen LogP contribution in [0.1, 0.15) is 48.5 Å². The molecule has 0 saturated carbocycles. The molecule has 6 heteroatoms. The molecule has 1 saturated heterocycles. The monoisotopic (exact) mass is 410 g/mol. The van der Waals surface area contributed by atoms with E-state index >= 15 is 0 Å². The van der Waals surface area contributed by atoms with Crippen LogP contribution in [0.25, 0.3) is 0 Å². The second-order valence-electron chi connectivity index (χ2n) is 7.51. The van der Waals surface area contributed by atoms with E-state index in [1.54, 1.807) is 18.2 Å². The van der Waals surface area contributed by atoms with Crippen molar-refractivity contribution < 1.29 is 19.1 Å². The van der Waals surface area contributed by atoms with Crippen molar-refractivity contribution in [2.45, 2.75) is 39.2 Å². The Bertz CT molecular complexity index is 858. The van der Waals surface area contributed by atoms with Crippen molar-refractivity contribution in [2.24, 2.45) is 0 Å². The molecule has 0 aliphatic carbocycles. The molecule has 30 heavy (non-hydrogen) atoms.